The van der Waals surface area contributed by atoms with Gasteiger partial charge in [-0.25, -0.2) is 8.78 Å². The zero-order valence-corrected chi connectivity index (χ0v) is 6.68. The zero-order chi connectivity index (χ0) is 9.35. The normalized spacial score (nSPS) is 29.2. The number of hydrogen-bond acceptors (Lipinski definition) is 3. The maximum Gasteiger partial charge on any atom is 0.253 e. The molecule has 0 aromatic carbocycles. The highest BCUT2D eigenvalue weighted by Crippen LogP contribution is 2.35. The second kappa shape index (κ2) is 2.80. The van der Waals surface area contributed by atoms with Gasteiger partial charge in [-0.15, -0.1) is 0 Å². The van der Waals surface area contributed by atoms with Crippen LogP contribution >= 0.6 is 0 Å². The maximum absolute atomic E-state index is 12.5. The number of rotatable bonds is 2. The minimum atomic E-state index is -2.68. The van der Waals surface area contributed by atoms with Gasteiger partial charge in [-0.3, -0.25) is 9.79 Å². The van der Waals surface area contributed by atoms with Crippen molar-refractivity contribution in [3.63, 3.8) is 0 Å². The van der Waals surface area contributed by atoms with Gasteiger partial charge in [-0.2, -0.15) is 0 Å². The fraction of sp³-hybridized carbons (Fsp3) is 0.714. The molecule has 2 N–H and O–H groups in total. The van der Waals surface area contributed by atoms with E-state index in [-0.39, 0.29) is 18.8 Å². The molecule has 0 saturated carbocycles. The van der Waals surface area contributed by atoms with Gasteiger partial charge in [-0.05, 0) is 6.92 Å². The second-order valence-corrected chi connectivity index (χ2v) is 3.00. The number of Topliss-reactive ketones (excluding diaryl/α,β-unsaturated/α-hetero) is 1. The number of hydrogen-bond donors (Lipinski definition) is 1. The molecule has 0 bridgehead atoms. The Hall–Kier alpha value is -1.00. The van der Waals surface area contributed by atoms with Gasteiger partial charge in [0.05, 0.1) is 12.4 Å². The van der Waals surface area contributed by atoms with Crippen LogP contribution in [0.25, 0.3) is 0 Å². The van der Waals surface area contributed by atoms with Gasteiger partial charge >= 0.3 is 0 Å². The van der Waals surface area contributed by atoms with Crippen molar-refractivity contribution < 1.29 is 13.6 Å². The van der Waals surface area contributed by atoms with Crippen LogP contribution in [0.15, 0.2) is 4.99 Å². The molecule has 3 nitrogen and oxygen atoms in total. The van der Waals surface area contributed by atoms with Crippen LogP contribution in [0, 0.1) is 5.41 Å². The largest absolute Gasteiger partial charge is 0.387 e. The van der Waals surface area contributed by atoms with Crippen molar-refractivity contribution in [2.45, 2.75) is 19.8 Å². The minimum Gasteiger partial charge on any atom is -0.387 e. The summed E-state index contributed by atoms with van der Waals surface area (Å²) in [5, 5.41) is 0. The Bertz CT molecular complexity index is 240. The average molecular weight is 176 g/mol. The molecule has 1 aliphatic heterocycles. The third kappa shape index (κ3) is 1.19. The number of carbonyl (C=O) groups excluding carboxylic acids is 1. The second-order valence-electron chi connectivity index (χ2n) is 3.00. The van der Waals surface area contributed by atoms with Gasteiger partial charge in [-0.1, -0.05) is 0 Å². The van der Waals surface area contributed by atoms with E-state index in [1.54, 1.807) is 0 Å². The summed E-state index contributed by atoms with van der Waals surface area (Å²) < 4.78 is 24.9. The molecule has 5 heteroatoms. The SMILES string of the molecule is CC(=O)C1(C(F)F)CN=C(N)C1. The summed E-state index contributed by atoms with van der Waals surface area (Å²) in [4.78, 5) is 14.6. The number of halogens is 2. The third-order valence-electron chi connectivity index (χ3n) is 2.18. The number of nitrogens with two attached hydrogens (primary N) is 1. The predicted octanol–water partition coefficient (Wildman–Crippen LogP) is 0.588. The topological polar surface area (TPSA) is 55.5 Å². The molecular formula is C7H10F2N2O. The van der Waals surface area contributed by atoms with Crippen molar-refractivity contribution in [2.24, 2.45) is 16.1 Å². The van der Waals surface area contributed by atoms with E-state index in [0.717, 1.165) is 6.92 Å². The molecular weight excluding hydrogens is 166 g/mol. The molecule has 1 unspecified atom stereocenters. The molecule has 0 fully saturated rings. The zero-order valence-electron chi connectivity index (χ0n) is 6.68. The van der Waals surface area contributed by atoms with Crippen LogP contribution in [0.4, 0.5) is 8.78 Å². The van der Waals surface area contributed by atoms with E-state index in [1.165, 1.54) is 0 Å². The number of aliphatic imine (C=N–C) groups is 1. The van der Waals surface area contributed by atoms with Gasteiger partial charge in [0, 0.05) is 6.42 Å². The van der Waals surface area contributed by atoms with Crippen LogP contribution < -0.4 is 5.73 Å². The number of alkyl halides is 2. The average Bonchev–Trinajstić information content (AvgIpc) is 2.32. The smallest absolute Gasteiger partial charge is 0.253 e. The maximum atomic E-state index is 12.5. The van der Waals surface area contributed by atoms with Crippen molar-refractivity contribution in [2.75, 3.05) is 6.54 Å². The Morgan fingerprint density at radius 1 is 1.75 bits per heavy atom. The highest BCUT2D eigenvalue weighted by atomic mass is 19.3. The predicted molar refractivity (Wildman–Crippen MR) is 40.2 cm³/mol. The fourth-order valence-corrected chi connectivity index (χ4v) is 1.21. The fourth-order valence-electron chi connectivity index (χ4n) is 1.21. The van der Waals surface area contributed by atoms with E-state index in [2.05, 4.69) is 4.99 Å². The number of ketones is 1. The molecule has 1 rings (SSSR count). The summed E-state index contributed by atoms with van der Waals surface area (Å²) in [6.07, 6.45) is -2.79. The molecule has 0 amide bonds. The van der Waals surface area contributed by atoms with Crippen LogP contribution in [-0.2, 0) is 4.79 Å². The molecule has 0 radical (unpaired) electrons. The van der Waals surface area contributed by atoms with E-state index in [0.29, 0.717) is 0 Å². The lowest BCUT2D eigenvalue weighted by atomic mass is 9.83. The molecule has 0 aliphatic carbocycles. The summed E-state index contributed by atoms with van der Waals surface area (Å²) in [7, 11) is 0. The summed E-state index contributed by atoms with van der Waals surface area (Å²) in [5.41, 5.74) is 3.62. The standard InChI is InChI=1S/C7H10F2N2O/c1-4(12)7(6(8)9)2-5(10)11-3-7/h6H,2-3H2,1H3,(H2,10,11). The minimum absolute atomic E-state index is 0.111. The van der Waals surface area contributed by atoms with E-state index in [1.807, 2.05) is 0 Å². The van der Waals surface area contributed by atoms with E-state index in [9.17, 15) is 13.6 Å². The Morgan fingerprint density at radius 2 is 2.33 bits per heavy atom. The lowest BCUT2D eigenvalue weighted by Crippen LogP contribution is -2.38. The Kier molecular flexibility index (Phi) is 2.12. The first-order valence-electron chi connectivity index (χ1n) is 3.57. The Balaban J connectivity index is 2.86. The molecule has 1 atom stereocenters. The summed E-state index contributed by atoms with van der Waals surface area (Å²) >= 11 is 0. The van der Waals surface area contributed by atoms with Crippen LogP contribution in [0.5, 0.6) is 0 Å². The van der Waals surface area contributed by atoms with Gasteiger partial charge in [0.15, 0.2) is 0 Å². The lowest BCUT2D eigenvalue weighted by molar-refractivity contribution is -0.133. The molecule has 0 spiro atoms. The Labute approximate surface area is 68.7 Å². The van der Waals surface area contributed by atoms with E-state index >= 15 is 0 Å². The highest BCUT2D eigenvalue weighted by Gasteiger charge is 2.48. The van der Waals surface area contributed by atoms with Crippen LogP contribution in [0.3, 0.4) is 0 Å². The van der Waals surface area contributed by atoms with Gasteiger partial charge < -0.3 is 5.73 Å². The van der Waals surface area contributed by atoms with Crippen molar-refractivity contribution in [1.29, 1.82) is 0 Å². The lowest BCUT2D eigenvalue weighted by Gasteiger charge is -2.22. The summed E-state index contributed by atoms with van der Waals surface area (Å²) in [6.45, 7) is 0.978. The Morgan fingerprint density at radius 3 is 2.50 bits per heavy atom. The molecule has 0 aromatic heterocycles. The van der Waals surface area contributed by atoms with Gasteiger partial charge in [0.25, 0.3) is 6.43 Å². The first-order chi connectivity index (χ1) is 5.49. The van der Waals surface area contributed by atoms with Crippen LogP contribution in [0.1, 0.15) is 13.3 Å². The molecule has 1 heterocycles. The first kappa shape index (κ1) is 9.09. The van der Waals surface area contributed by atoms with Crippen LogP contribution in [-0.4, -0.2) is 24.6 Å². The van der Waals surface area contributed by atoms with Crippen molar-refractivity contribution in [3.05, 3.63) is 0 Å². The van der Waals surface area contributed by atoms with Crippen molar-refractivity contribution in [3.8, 4) is 0 Å². The van der Waals surface area contributed by atoms with Crippen molar-refractivity contribution >= 4 is 11.6 Å². The molecule has 0 saturated heterocycles. The molecule has 12 heavy (non-hydrogen) atoms. The number of carbonyl (C=O) groups is 1. The third-order valence-corrected chi connectivity index (χ3v) is 2.18. The molecule has 0 aromatic rings. The monoisotopic (exact) mass is 176 g/mol. The highest BCUT2D eigenvalue weighted by molar-refractivity contribution is 5.93. The summed E-state index contributed by atoms with van der Waals surface area (Å²) in [5.74, 6) is -0.396. The quantitative estimate of drug-likeness (QED) is 0.669. The number of amidine groups is 1. The summed E-state index contributed by atoms with van der Waals surface area (Å²) in [6, 6.07) is 0. The van der Waals surface area contributed by atoms with Gasteiger partial charge in [0.1, 0.15) is 11.2 Å². The van der Waals surface area contributed by atoms with Gasteiger partial charge in [0.2, 0.25) is 0 Å². The molecule has 68 valence electrons. The number of nitrogens with zero attached hydrogens (tertiary/aromatic N) is 1. The van der Waals surface area contributed by atoms with E-state index in [4.69, 9.17) is 5.73 Å². The van der Waals surface area contributed by atoms with Crippen LogP contribution in [0.2, 0.25) is 0 Å². The van der Waals surface area contributed by atoms with Crippen molar-refractivity contribution in [1.82, 2.24) is 0 Å². The first-order valence-corrected chi connectivity index (χ1v) is 3.57. The molecule has 1 aliphatic rings. The van der Waals surface area contributed by atoms with E-state index < -0.39 is 17.6 Å².